The minimum atomic E-state index is -4.35. The van der Waals surface area contributed by atoms with Crippen molar-refractivity contribution in [2.45, 2.75) is 12.7 Å². The molecule has 0 fully saturated rings. The number of phenols is 1. The number of nitrogens with one attached hydrogen (secondary N) is 1. The van der Waals surface area contributed by atoms with Crippen LogP contribution in [-0.4, -0.2) is 19.5 Å². The maximum absolute atomic E-state index is 12.7. The SMILES string of the molecule is Oc1ccc(-c2cnc3c(NCc4ccc(C(F)(F)F)cc4)nccn23)cc1. The summed E-state index contributed by atoms with van der Waals surface area (Å²) in [5.41, 5.74) is 2.32. The van der Waals surface area contributed by atoms with Crippen molar-refractivity contribution in [2.24, 2.45) is 0 Å². The van der Waals surface area contributed by atoms with E-state index in [1.54, 1.807) is 42.9 Å². The molecule has 5 nitrogen and oxygen atoms in total. The van der Waals surface area contributed by atoms with Gasteiger partial charge < -0.3 is 10.4 Å². The van der Waals surface area contributed by atoms with E-state index in [2.05, 4.69) is 15.3 Å². The summed E-state index contributed by atoms with van der Waals surface area (Å²) in [5.74, 6) is 0.700. The van der Waals surface area contributed by atoms with Crippen molar-refractivity contribution in [1.29, 1.82) is 0 Å². The Morgan fingerprint density at radius 3 is 2.36 bits per heavy atom. The van der Waals surface area contributed by atoms with Crippen molar-refractivity contribution in [3.8, 4) is 17.0 Å². The maximum Gasteiger partial charge on any atom is 0.416 e. The molecule has 0 spiro atoms. The Morgan fingerprint density at radius 2 is 1.68 bits per heavy atom. The summed E-state index contributed by atoms with van der Waals surface area (Å²) in [6.45, 7) is 0.312. The Balaban J connectivity index is 1.57. The Bertz CT molecular complexity index is 1100. The summed E-state index contributed by atoms with van der Waals surface area (Å²) in [6.07, 6.45) is 0.744. The Kier molecular flexibility index (Phi) is 4.38. The van der Waals surface area contributed by atoms with Crippen LogP contribution in [0.1, 0.15) is 11.1 Å². The fraction of sp³-hybridized carbons (Fsp3) is 0.100. The van der Waals surface area contributed by atoms with Crippen LogP contribution < -0.4 is 5.32 Å². The Morgan fingerprint density at radius 1 is 0.964 bits per heavy atom. The van der Waals surface area contributed by atoms with Crippen LogP contribution in [0.25, 0.3) is 16.9 Å². The molecule has 4 aromatic rings. The highest BCUT2D eigenvalue weighted by Gasteiger charge is 2.29. The van der Waals surface area contributed by atoms with Crippen molar-refractivity contribution in [3.05, 3.63) is 78.2 Å². The van der Waals surface area contributed by atoms with Gasteiger partial charge in [-0.1, -0.05) is 12.1 Å². The topological polar surface area (TPSA) is 62.5 Å². The lowest BCUT2D eigenvalue weighted by molar-refractivity contribution is -0.137. The zero-order valence-electron chi connectivity index (χ0n) is 14.5. The maximum atomic E-state index is 12.7. The molecule has 0 bridgehead atoms. The predicted octanol–water partition coefficient (Wildman–Crippen LogP) is 4.73. The number of halogens is 3. The van der Waals surface area contributed by atoms with E-state index < -0.39 is 11.7 Å². The third kappa shape index (κ3) is 3.48. The lowest BCUT2D eigenvalue weighted by atomic mass is 10.1. The van der Waals surface area contributed by atoms with E-state index >= 15 is 0 Å². The van der Waals surface area contributed by atoms with Crippen molar-refractivity contribution in [3.63, 3.8) is 0 Å². The molecule has 0 unspecified atom stereocenters. The van der Waals surface area contributed by atoms with Gasteiger partial charge in [0.2, 0.25) is 0 Å². The molecule has 4 rings (SSSR count). The van der Waals surface area contributed by atoms with Gasteiger partial charge in [0.15, 0.2) is 11.5 Å². The number of imidazole rings is 1. The van der Waals surface area contributed by atoms with E-state index in [0.29, 0.717) is 23.6 Å². The second-order valence-electron chi connectivity index (χ2n) is 6.21. The predicted molar refractivity (Wildman–Crippen MR) is 98.9 cm³/mol. The van der Waals surface area contributed by atoms with E-state index in [-0.39, 0.29) is 5.75 Å². The summed E-state index contributed by atoms with van der Waals surface area (Å²) in [6, 6.07) is 11.8. The zero-order chi connectivity index (χ0) is 19.7. The third-order valence-electron chi connectivity index (χ3n) is 4.33. The molecule has 2 aromatic heterocycles. The van der Waals surface area contributed by atoms with Gasteiger partial charge in [-0.2, -0.15) is 13.2 Å². The number of fused-ring (bicyclic) bond motifs is 1. The normalized spacial score (nSPS) is 11.7. The lowest BCUT2D eigenvalue weighted by Gasteiger charge is -2.10. The van der Waals surface area contributed by atoms with Crippen LogP contribution in [0, 0.1) is 0 Å². The van der Waals surface area contributed by atoms with Crippen molar-refractivity contribution in [1.82, 2.24) is 14.4 Å². The van der Waals surface area contributed by atoms with Gasteiger partial charge in [0.25, 0.3) is 0 Å². The average Bonchev–Trinajstić information content (AvgIpc) is 3.11. The van der Waals surface area contributed by atoms with Crippen LogP contribution in [-0.2, 0) is 12.7 Å². The largest absolute Gasteiger partial charge is 0.508 e. The van der Waals surface area contributed by atoms with Gasteiger partial charge in [-0.15, -0.1) is 0 Å². The first kappa shape index (κ1) is 17.8. The zero-order valence-corrected chi connectivity index (χ0v) is 14.5. The summed E-state index contributed by atoms with van der Waals surface area (Å²) in [5, 5.41) is 12.6. The second-order valence-corrected chi connectivity index (χ2v) is 6.21. The number of nitrogens with zero attached hydrogens (tertiary/aromatic N) is 3. The van der Waals surface area contributed by atoms with E-state index in [1.165, 1.54) is 12.1 Å². The highest BCUT2D eigenvalue weighted by molar-refractivity contribution is 5.70. The lowest BCUT2D eigenvalue weighted by Crippen LogP contribution is -2.06. The number of alkyl halides is 3. The summed E-state index contributed by atoms with van der Waals surface area (Å²) in [4.78, 5) is 8.69. The molecule has 28 heavy (non-hydrogen) atoms. The number of hydrogen-bond acceptors (Lipinski definition) is 4. The van der Waals surface area contributed by atoms with E-state index in [0.717, 1.165) is 23.4 Å². The second kappa shape index (κ2) is 6.88. The molecule has 0 aliphatic heterocycles. The molecule has 142 valence electrons. The van der Waals surface area contributed by atoms with Crippen molar-refractivity contribution < 1.29 is 18.3 Å². The number of anilines is 1. The van der Waals surface area contributed by atoms with Crippen LogP contribution in [0.3, 0.4) is 0 Å². The molecule has 0 saturated heterocycles. The highest BCUT2D eigenvalue weighted by Crippen LogP contribution is 2.29. The fourth-order valence-electron chi connectivity index (χ4n) is 2.89. The van der Waals surface area contributed by atoms with Gasteiger partial charge in [-0.05, 0) is 42.0 Å². The van der Waals surface area contributed by atoms with Gasteiger partial charge in [-0.25, -0.2) is 9.97 Å². The van der Waals surface area contributed by atoms with Crippen molar-refractivity contribution >= 4 is 11.5 Å². The molecular formula is C20H15F3N4O. The summed E-state index contributed by atoms with van der Waals surface area (Å²) < 4.78 is 39.8. The van der Waals surface area contributed by atoms with E-state index in [9.17, 15) is 18.3 Å². The van der Waals surface area contributed by atoms with Gasteiger partial charge in [-0.3, -0.25) is 4.40 Å². The number of rotatable bonds is 4. The molecule has 0 saturated carbocycles. The molecule has 2 N–H and O–H groups in total. The first-order chi connectivity index (χ1) is 13.4. The molecule has 8 heteroatoms. The molecule has 0 aliphatic rings. The fourth-order valence-corrected chi connectivity index (χ4v) is 2.89. The van der Waals surface area contributed by atoms with Crippen LogP contribution in [0.2, 0.25) is 0 Å². The molecule has 0 aliphatic carbocycles. The van der Waals surface area contributed by atoms with E-state index in [1.807, 2.05) is 4.40 Å². The van der Waals surface area contributed by atoms with Gasteiger partial charge in [0, 0.05) is 24.5 Å². The molecule has 2 aromatic carbocycles. The Hall–Kier alpha value is -3.55. The van der Waals surface area contributed by atoms with Crippen LogP contribution in [0.5, 0.6) is 5.75 Å². The van der Waals surface area contributed by atoms with Crippen molar-refractivity contribution in [2.75, 3.05) is 5.32 Å². The summed E-state index contributed by atoms with van der Waals surface area (Å²) in [7, 11) is 0. The molecule has 0 atom stereocenters. The van der Waals surface area contributed by atoms with Crippen LogP contribution in [0.15, 0.2) is 67.1 Å². The average molecular weight is 384 g/mol. The monoisotopic (exact) mass is 384 g/mol. The minimum Gasteiger partial charge on any atom is -0.508 e. The van der Waals surface area contributed by atoms with Gasteiger partial charge in [0.05, 0.1) is 17.5 Å². The van der Waals surface area contributed by atoms with Gasteiger partial charge >= 0.3 is 6.18 Å². The number of phenolic OH excluding ortho intramolecular Hbond substituents is 1. The number of hydrogen-bond donors (Lipinski definition) is 2. The quantitative estimate of drug-likeness (QED) is 0.534. The smallest absolute Gasteiger partial charge is 0.416 e. The standard InChI is InChI=1S/C20H15F3N4O/c21-20(22,23)15-5-1-13(2-6-15)11-25-18-19-26-12-17(27(19)10-9-24-18)14-3-7-16(28)8-4-14/h1-10,12,28H,11H2,(H,24,25). The number of aromatic hydroxyl groups is 1. The number of benzene rings is 2. The summed E-state index contributed by atoms with van der Waals surface area (Å²) >= 11 is 0. The Labute approximate surface area is 158 Å². The minimum absolute atomic E-state index is 0.179. The molecule has 0 amide bonds. The highest BCUT2D eigenvalue weighted by atomic mass is 19.4. The first-order valence-electron chi connectivity index (χ1n) is 8.43. The third-order valence-corrected chi connectivity index (χ3v) is 4.33. The van der Waals surface area contributed by atoms with Gasteiger partial charge in [0.1, 0.15) is 5.75 Å². The van der Waals surface area contributed by atoms with Crippen LogP contribution in [0.4, 0.5) is 19.0 Å². The molecule has 2 heterocycles. The van der Waals surface area contributed by atoms with Crippen LogP contribution >= 0.6 is 0 Å². The van der Waals surface area contributed by atoms with E-state index in [4.69, 9.17) is 0 Å². The number of aromatic nitrogens is 3. The first-order valence-corrected chi connectivity index (χ1v) is 8.43. The molecular weight excluding hydrogens is 369 g/mol. The molecule has 0 radical (unpaired) electrons.